The molecule has 3 atom stereocenters. The van der Waals surface area contributed by atoms with Crippen LogP contribution in [0.25, 0.3) is 0 Å². The molecule has 26 heavy (non-hydrogen) atoms. The van der Waals surface area contributed by atoms with Gasteiger partial charge in [0, 0.05) is 26.5 Å². The van der Waals surface area contributed by atoms with E-state index in [-0.39, 0.29) is 23.6 Å². The normalized spacial score (nSPS) is 24.2. The van der Waals surface area contributed by atoms with E-state index < -0.39 is 11.7 Å². The van der Waals surface area contributed by atoms with Gasteiger partial charge >= 0.3 is 6.18 Å². The molecule has 4 rings (SSSR count). The van der Waals surface area contributed by atoms with E-state index in [9.17, 15) is 13.2 Å². The van der Waals surface area contributed by atoms with Crippen LogP contribution in [0.5, 0.6) is 0 Å². The first kappa shape index (κ1) is 18.0. The highest BCUT2D eigenvalue weighted by Crippen LogP contribution is 2.55. The molecule has 2 aromatic rings. The molecule has 0 saturated carbocycles. The average molecular weight is 419 g/mol. The van der Waals surface area contributed by atoms with Crippen LogP contribution in [0.15, 0.2) is 42.5 Å². The van der Waals surface area contributed by atoms with Crippen LogP contribution in [0.2, 0.25) is 15.1 Å². The summed E-state index contributed by atoms with van der Waals surface area (Å²) in [6.07, 6.45) is 0.172. The first-order valence-electron chi connectivity index (χ1n) is 8.05. The Balaban J connectivity index is 1.90. The Kier molecular flexibility index (Phi) is 4.41. The zero-order chi connectivity index (χ0) is 18.6. The number of halogens is 6. The molecule has 1 heterocycles. The van der Waals surface area contributed by atoms with E-state index in [2.05, 4.69) is 5.32 Å². The van der Waals surface area contributed by atoms with Gasteiger partial charge in [0.15, 0.2) is 0 Å². The zero-order valence-corrected chi connectivity index (χ0v) is 15.5. The topological polar surface area (TPSA) is 12.0 Å². The maximum absolute atomic E-state index is 13.6. The summed E-state index contributed by atoms with van der Waals surface area (Å²) in [5.74, 6) is -0.167. The minimum absolute atomic E-state index is 0.0298. The summed E-state index contributed by atoms with van der Waals surface area (Å²) in [4.78, 5) is 0. The number of fused-ring (bicyclic) bond motifs is 3. The Hall–Kier alpha value is -1.36. The van der Waals surface area contributed by atoms with Gasteiger partial charge in [-0.15, -0.1) is 0 Å². The van der Waals surface area contributed by atoms with Crippen molar-refractivity contribution in [3.63, 3.8) is 0 Å². The van der Waals surface area contributed by atoms with Crippen LogP contribution in [-0.2, 0) is 6.18 Å². The van der Waals surface area contributed by atoms with Crippen molar-refractivity contribution in [1.82, 2.24) is 0 Å². The smallest absolute Gasteiger partial charge is 0.377 e. The van der Waals surface area contributed by atoms with Crippen molar-refractivity contribution in [2.75, 3.05) is 5.32 Å². The third-order valence-electron chi connectivity index (χ3n) is 5.07. The number of alkyl halides is 3. The molecule has 7 heteroatoms. The predicted molar refractivity (Wildman–Crippen MR) is 99.3 cm³/mol. The summed E-state index contributed by atoms with van der Waals surface area (Å²) in [6, 6.07) is 7.04. The summed E-state index contributed by atoms with van der Waals surface area (Å²) in [6.45, 7) is 0. The fourth-order valence-electron chi connectivity index (χ4n) is 3.96. The number of hydrogen-bond donors (Lipinski definition) is 1. The van der Waals surface area contributed by atoms with Crippen molar-refractivity contribution < 1.29 is 13.2 Å². The molecule has 0 fully saturated rings. The van der Waals surface area contributed by atoms with Crippen LogP contribution >= 0.6 is 34.8 Å². The molecule has 0 unspecified atom stereocenters. The third-order valence-corrected chi connectivity index (χ3v) is 5.96. The molecule has 0 spiro atoms. The Bertz CT molecular complexity index is 908. The second-order valence-corrected chi connectivity index (χ2v) is 7.77. The molecule has 1 nitrogen and oxygen atoms in total. The van der Waals surface area contributed by atoms with Gasteiger partial charge in [0.25, 0.3) is 0 Å². The van der Waals surface area contributed by atoms with Crippen LogP contribution in [0.1, 0.15) is 35.1 Å². The van der Waals surface area contributed by atoms with Gasteiger partial charge in [0.05, 0.1) is 17.3 Å². The minimum atomic E-state index is -4.48. The van der Waals surface area contributed by atoms with Crippen LogP contribution < -0.4 is 5.32 Å². The largest absolute Gasteiger partial charge is 0.418 e. The number of allylic oxidation sites excluding steroid dienone is 2. The predicted octanol–water partition coefficient (Wildman–Crippen LogP) is 7.49. The number of anilines is 1. The molecular formula is C19H13Cl3F3N. The molecule has 2 aromatic carbocycles. The van der Waals surface area contributed by atoms with E-state index in [0.29, 0.717) is 20.6 Å². The van der Waals surface area contributed by atoms with Gasteiger partial charge in [-0.05, 0) is 42.2 Å². The molecule has 2 aliphatic rings. The van der Waals surface area contributed by atoms with Crippen molar-refractivity contribution >= 4 is 40.5 Å². The van der Waals surface area contributed by atoms with Crippen molar-refractivity contribution in [3.05, 3.63) is 74.2 Å². The third kappa shape index (κ3) is 2.88. The molecular weight excluding hydrogens is 406 g/mol. The van der Waals surface area contributed by atoms with Gasteiger partial charge in [0.2, 0.25) is 0 Å². The maximum atomic E-state index is 13.6. The number of rotatable bonds is 1. The van der Waals surface area contributed by atoms with Crippen molar-refractivity contribution in [1.29, 1.82) is 0 Å². The molecule has 0 saturated heterocycles. The van der Waals surface area contributed by atoms with E-state index in [0.717, 1.165) is 18.1 Å². The molecule has 1 aliphatic heterocycles. The van der Waals surface area contributed by atoms with Crippen LogP contribution in [0.4, 0.5) is 18.9 Å². The highest BCUT2D eigenvalue weighted by Gasteiger charge is 2.44. The van der Waals surface area contributed by atoms with Gasteiger partial charge in [-0.3, -0.25) is 0 Å². The Morgan fingerprint density at radius 3 is 2.46 bits per heavy atom. The highest BCUT2D eigenvalue weighted by atomic mass is 35.5. The summed E-state index contributed by atoms with van der Waals surface area (Å²) < 4.78 is 40.7. The highest BCUT2D eigenvalue weighted by molar-refractivity contribution is 6.35. The lowest BCUT2D eigenvalue weighted by Crippen LogP contribution is -2.31. The average Bonchev–Trinajstić information content (AvgIpc) is 3.02. The Morgan fingerprint density at radius 1 is 1.00 bits per heavy atom. The van der Waals surface area contributed by atoms with E-state index in [1.165, 1.54) is 6.07 Å². The van der Waals surface area contributed by atoms with E-state index in [1.807, 2.05) is 12.2 Å². The number of hydrogen-bond acceptors (Lipinski definition) is 1. The van der Waals surface area contributed by atoms with Gasteiger partial charge in [-0.25, -0.2) is 0 Å². The molecule has 0 bridgehead atoms. The van der Waals surface area contributed by atoms with Crippen LogP contribution in [0, 0.1) is 5.92 Å². The lowest BCUT2D eigenvalue weighted by atomic mass is 9.76. The standard InChI is InChI=1S/C19H13Cl3F3N/c20-9-4-5-12(15(22)8-9)17-11-3-1-2-10(11)16-14(21)7-6-13(18(16)26-17)19(23,24)25/h1-2,4-8,10-11,17,26H,3H2/t10-,11-,17+/m0/s1. The van der Waals surface area contributed by atoms with E-state index >= 15 is 0 Å². The number of nitrogens with one attached hydrogen (secondary N) is 1. The summed E-state index contributed by atoms with van der Waals surface area (Å²) in [5.41, 5.74) is 0.551. The monoisotopic (exact) mass is 417 g/mol. The van der Waals surface area contributed by atoms with Gasteiger partial charge < -0.3 is 5.32 Å². The van der Waals surface area contributed by atoms with Crippen molar-refractivity contribution in [3.8, 4) is 0 Å². The first-order chi connectivity index (χ1) is 12.3. The number of benzene rings is 2. The fraction of sp³-hybridized carbons (Fsp3) is 0.263. The maximum Gasteiger partial charge on any atom is 0.418 e. The van der Waals surface area contributed by atoms with Gasteiger partial charge in [0.1, 0.15) is 0 Å². The molecule has 0 aromatic heterocycles. The Labute approximate surface area is 163 Å². The lowest BCUT2D eigenvalue weighted by Gasteiger charge is -2.39. The molecule has 0 radical (unpaired) electrons. The van der Waals surface area contributed by atoms with Gasteiger partial charge in [-0.2, -0.15) is 13.2 Å². The van der Waals surface area contributed by atoms with Crippen LogP contribution in [0.3, 0.4) is 0 Å². The van der Waals surface area contributed by atoms with Crippen molar-refractivity contribution in [2.24, 2.45) is 5.92 Å². The zero-order valence-electron chi connectivity index (χ0n) is 13.2. The van der Waals surface area contributed by atoms with Gasteiger partial charge in [-0.1, -0.05) is 53.0 Å². The summed E-state index contributed by atoms with van der Waals surface area (Å²) >= 11 is 18.6. The SMILES string of the molecule is FC(F)(F)c1ccc(Cl)c2c1N[C@@H](c1ccc(Cl)cc1Cl)[C@H]1CC=C[C@H]21. The summed E-state index contributed by atoms with van der Waals surface area (Å²) in [7, 11) is 0. The molecule has 1 aliphatic carbocycles. The first-order valence-corrected chi connectivity index (χ1v) is 9.18. The second kappa shape index (κ2) is 6.36. The Morgan fingerprint density at radius 2 is 1.77 bits per heavy atom. The second-order valence-electron chi connectivity index (χ2n) is 6.52. The fourth-order valence-corrected chi connectivity index (χ4v) is 4.77. The van der Waals surface area contributed by atoms with Crippen molar-refractivity contribution in [2.45, 2.75) is 24.6 Å². The molecule has 1 N–H and O–H groups in total. The minimum Gasteiger partial charge on any atom is -0.377 e. The quantitative estimate of drug-likeness (QED) is 0.473. The molecule has 136 valence electrons. The lowest BCUT2D eigenvalue weighted by molar-refractivity contribution is -0.137. The van der Waals surface area contributed by atoms with E-state index in [4.69, 9.17) is 34.8 Å². The van der Waals surface area contributed by atoms with Crippen LogP contribution in [-0.4, -0.2) is 0 Å². The summed E-state index contributed by atoms with van der Waals surface area (Å²) in [5, 5.41) is 4.34. The molecule has 0 amide bonds. The van der Waals surface area contributed by atoms with E-state index in [1.54, 1.807) is 18.2 Å².